The maximum Gasteiger partial charge on any atom is 0.119 e. The Morgan fingerprint density at radius 2 is 2.00 bits per heavy atom. The highest BCUT2D eigenvalue weighted by atomic mass is 16.5. The fourth-order valence-corrected chi connectivity index (χ4v) is 2.19. The van der Waals surface area contributed by atoms with Crippen molar-refractivity contribution in [2.45, 2.75) is 26.7 Å². The molecule has 0 bridgehead atoms. The fraction of sp³-hybridized carbons (Fsp3) is 0.412. The Hall–Kier alpha value is -1.54. The fourth-order valence-electron chi connectivity index (χ4n) is 2.19. The maximum absolute atomic E-state index is 5.83. The van der Waals surface area contributed by atoms with Gasteiger partial charge in [0.15, 0.2) is 0 Å². The highest BCUT2D eigenvalue weighted by Gasteiger charge is 2.03. The van der Waals surface area contributed by atoms with Gasteiger partial charge in [-0.15, -0.1) is 0 Å². The first kappa shape index (κ1) is 13.9. The number of ether oxygens (including phenoxy) is 1. The molecular formula is C17H23NO. The Balaban J connectivity index is 2.20. The van der Waals surface area contributed by atoms with E-state index in [0.29, 0.717) is 12.5 Å². The molecule has 0 unspecified atom stereocenters. The van der Waals surface area contributed by atoms with E-state index in [-0.39, 0.29) is 0 Å². The first-order valence-corrected chi connectivity index (χ1v) is 7.05. The lowest BCUT2D eigenvalue weighted by molar-refractivity contribution is 0.290. The topological polar surface area (TPSA) is 35.2 Å². The van der Waals surface area contributed by atoms with E-state index in [1.807, 2.05) is 0 Å². The van der Waals surface area contributed by atoms with Crippen LogP contribution in [-0.2, 0) is 6.42 Å². The van der Waals surface area contributed by atoms with Gasteiger partial charge in [0.2, 0.25) is 0 Å². The van der Waals surface area contributed by atoms with Gasteiger partial charge in [0.25, 0.3) is 0 Å². The number of rotatable bonds is 6. The van der Waals surface area contributed by atoms with Gasteiger partial charge >= 0.3 is 0 Å². The van der Waals surface area contributed by atoms with E-state index < -0.39 is 0 Å². The molecule has 0 aliphatic carbocycles. The van der Waals surface area contributed by atoms with Crippen molar-refractivity contribution in [2.24, 2.45) is 11.7 Å². The lowest BCUT2D eigenvalue weighted by Crippen LogP contribution is -2.03. The van der Waals surface area contributed by atoms with Crippen LogP contribution in [0, 0.1) is 5.92 Å². The van der Waals surface area contributed by atoms with Crippen molar-refractivity contribution in [3.05, 3.63) is 42.0 Å². The Morgan fingerprint density at radius 1 is 1.16 bits per heavy atom. The quantitative estimate of drug-likeness (QED) is 0.855. The zero-order chi connectivity index (χ0) is 13.7. The minimum Gasteiger partial charge on any atom is -0.494 e. The largest absolute Gasteiger partial charge is 0.494 e. The van der Waals surface area contributed by atoms with Crippen molar-refractivity contribution in [3.8, 4) is 5.75 Å². The Bertz CT molecular complexity index is 534. The number of hydrogen-bond acceptors (Lipinski definition) is 2. The third kappa shape index (κ3) is 3.71. The summed E-state index contributed by atoms with van der Waals surface area (Å²) in [6, 6.07) is 12.7. The van der Waals surface area contributed by atoms with Crippen LogP contribution in [0.4, 0.5) is 0 Å². The second kappa shape index (κ2) is 6.58. The minimum atomic E-state index is 0.674. The van der Waals surface area contributed by atoms with Crippen molar-refractivity contribution in [1.29, 1.82) is 0 Å². The van der Waals surface area contributed by atoms with Crippen LogP contribution in [-0.4, -0.2) is 13.2 Å². The van der Waals surface area contributed by atoms with Crippen molar-refractivity contribution in [2.75, 3.05) is 13.2 Å². The molecule has 2 rings (SSSR count). The monoisotopic (exact) mass is 257 g/mol. The second-order valence-corrected chi connectivity index (χ2v) is 5.37. The molecule has 2 aromatic rings. The van der Waals surface area contributed by atoms with Crippen LogP contribution >= 0.6 is 0 Å². The zero-order valence-electron chi connectivity index (χ0n) is 11.9. The molecule has 0 heterocycles. The van der Waals surface area contributed by atoms with E-state index in [1.165, 1.54) is 16.3 Å². The summed E-state index contributed by atoms with van der Waals surface area (Å²) in [5.74, 6) is 1.63. The molecular weight excluding hydrogens is 234 g/mol. The summed E-state index contributed by atoms with van der Waals surface area (Å²) < 4.78 is 5.83. The Labute approximate surface area is 115 Å². The Kier molecular flexibility index (Phi) is 4.80. The van der Waals surface area contributed by atoms with Gasteiger partial charge in [0.05, 0.1) is 6.61 Å². The number of hydrogen-bond donors (Lipinski definition) is 1. The average Bonchev–Trinajstić information content (AvgIpc) is 2.39. The molecule has 0 amide bonds. The van der Waals surface area contributed by atoms with Crippen molar-refractivity contribution >= 4 is 10.8 Å². The second-order valence-electron chi connectivity index (χ2n) is 5.37. The summed E-state index contributed by atoms with van der Waals surface area (Å²) in [6.07, 6.45) is 2.00. The molecule has 0 fully saturated rings. The van der Waals surface area contributed by atoms with Gasteiger partial charge in [-0.3, -0.25) is 0 Å². The van der Waals surface area contributed by atoms with E-state index in [0.717, 1.165) is 25.2 Å². The first-order chi connectivity index (χ1) is 9.20. The molecule has 102 valence electrons. The van der Waals surface area contributed by atoms with Crippen molar-refractivity contribution < 1.29 is 4.74 Å². The summed E-state index contributed by atoms with van der Waals surface area (Å²) in [6.45, 7) is 5.88. The summed E-state index contributed by atoms with van der Waals surface area (Å²) in [5, 5.41) is 2.51. The lowest BCUT2D eigenvalue weighted by Gasteiger charge is -2.11. The smallest absolute Gasteiger partial charge is 0.119 e. The van der Waals surface area contributed by atoms with Gasteiger partial charge in [-0.2, -0.15) is 0 Å². The van der Waals surface area contributed by atoms with Gasteiger partial charge in [0, 0.05) is 0 Å². The molecule has 19 heavy (non-hydrogen) atoms. The van der Waals surface area contributed by atoms with E-state index in [9.17, 15) is 0 Å². The SMILES string of the molecule is CC(C)CCOc1ccc2cccc(CCN)c2c1. The van der Waals surface area contributed by atoms with Gasteiger partial charge in [-0.25, -0.2) is 0 Å². The van der Waals surface area contributed by atoms with Crippen molar-refractivity contribution in [3.63, 3.8) is 0 Å². The van der Waals surface area contributed by atoms with Crippen molar-refractivity contribution in [1.82, 2.24) is 0 Å². The molecule has 2 heteroatoms. The summed E-state index contributed by atoms with van der Waals surface area (Å²) in [7, 11) is 0. The third-order valence-electron chi connectivity index (χ3n) is 3.32. The van der Waals surface area contributed by atoms with Gasteiger partial charge < -0.3 is 10.5 Å². The third-order valence-corrected chi connectivity index (χ3v) is 3.32. The maximum atomic E-state index is 5.83. The molecule has 0 spiro atoms. The Morgan fingerprint density at radius 3 is 2.74 bits per heavy atom. The van der Waals surface area contributed by atoms with Crippen LogP contribution in [0.1, 0.15) is 25.8 Å². The summed E-state index contributed by atoms with van der Waals surface area (Å²) >= 11 is 0. The average molecular weight is 257 g/mol. The van der Waals surface area contributed by atoms with E-state index in [1.54, 1.807) is 0 Å². The van der Waals surface area contributed by atoms with Crippen LogP contribution in [0.5, 0.6) is 5.75 Å². The van der Waals surface area contributed by atoms with Gasteiger partial charge in [-0.1, -0.05) is 38.1 Å². The lowest BCUT2D eigenvalue weighted by atomic mass is 10.0. The number of fused-ring (bicyclic) bond motifs is 1. The number of nitrogens with two attached hydrogens (primary N) is 1. The minimum absolute atomic E-state index is 0.674. The highest BCUT2D eigenvalue weighted by Crippen LogP contribution is 2.24. The molecule has 0 atom stereocenters. The predicted octanol–water partition coefficient (Wildman–Crippen LogP) is 3.77. The van der Waals surface area contributed by atoms with Crippen LogP contribution in [0.3, 0.4) is 0 Å². The molecule has 2 nitrogen and oxygen atoms in total. The highest BCUT2D eigenvalue weighted by molar-refractivity contribution is 5.87. The van der Waals surface area contributed by atoms with E-state index >= 15 is 0 Å². The normalized spacial score (nSPS) is 11.2. The van der Waals surface area contributed by atoms with Crippen LogP contribution in [0.25, 0.3) is 10.8 Å². The molecule has 0 aliphatic rings. The van der Waals surface area contributed by atoms with Gasteiger partial charge in [-0.05, 0) is 53.8 Å². The van der Waals surface area contributed by atoms with Crippen LogP contribution in [0.15, 0.2) is 36.4 Å². The van der Waals surface area contributed by atoms with Crippen LogP contribution in [0.2, 0.25) is 0 Å². The summed E-state index contributed by atoms with van der Waals surface area (Å²) in [4.78, 5) is 0. The first-order valence-electron chi connectivity index (χ1n) is 7.05. The number of benzene rings is 2. The van der Waals surface area contributed by atoms with E-state index in [4.69, 9.17) is 10.5 Å². The molecule has 0 aliphatic heterocycles. The predicted molar refractivity (Wildman–Crippen MR) is 81.7 cm³/mol. The molecule has 2 aromatic carbocycles. The molecule has 0 aromatic heterocycles. The van der Waals surface area contributed by atoms with E-state index in [2.05, 4.69) is 50.2 Å². The molecule has 0 saturated heterocycles. The molecule has 0 radical (unpaired) electrons. The van der Waals surface area contributed by atoms with Gasteiger partial charge in [0.1, 0.15) is 5.75 Å². The standard InChI is InChI=1S/C17H23NO/c1-13(2)9-11-19-16-7-6-14-4-3-5-15(8-10-18)17(14)12-16/h3-7,12-13H,8-11,18H2,1-2H3. The summed E-state index contributed by atoms with van der Waals surface area (Å²) in [5.41, 5.74) is 6.97. The van der Waals surface area contributed by atoms with Crippen LogP contribution < -0.4 is 10.5 Å². The molecule has 2 N–H and O–H groups in total. The molecule has 0 saturated carbocycles. The zero-order valence-corrected chi connectivity index (χ0v) is 11.9.